The lowest BCUT2D eigenvalue weighted by molar-refractivity contribution is -0.0134. The van der Waals surface area contributed by atoms with E-state index in [-0.39, 0.29) is 0 Å². The van der Waals surface area contributed by atoms with Crippen molar-refractivity contribution in [1.82, 2.24) is 19.8 Å². The molecule has 0 saturated carbocycles. The second-order valence-electron chi connectivity index (χ2n) is 6.28. The minimum atomic E-state index is 0.414. The van der Waals surface area contributed by atoms with Crippen molar-refractivity contribution in [1.29, 1.82) is 0 Å². The van der Waals surface area contributed by atoms with Crippen LogP contribution in [0.5, 0.6) is 0 Å². The van der Waals surface area contributed by atoms with E-state index in [1.807, 2.05) is 12.4 Å². The quantitative estimate of drug-likeness (QED) is 0.759. The summed E-state index contributed by atoms with van der Waals surface area (Å²) in [6, 6.07) is 0. The first-order chi connectivity index (χ1) is 8.85. The van der Waals surface area contributed by atoms with Gasteiger partial charge in [0.2, 0.25) is 5.82 Å². The Bertz CT molecular complexity index is 430. The highest BCUT2D eigenvalue weighted by Crippen LogP contribution is 2.49. The largest absolute Gasteiger partial charge is 0.311 e. The molecule has 0 aliphatic carbocycles. The molecule has 0 radical (unpaired) electrons. The molecule has 1 aromatic rings. The summed E-state index contributed by atoms with van der Waals surface area (Å²) < 4.78 is 1.10. The molecule has 1 atom stereocenters. The van der Waals surface area contributed by atoms with Gasteiger partial charge in [-0.15, -0.1) is 0 Å². The molecule has 4 aliphatic heterocycles. The normalized spacial score (nSPS) is 42.6. The first kappa shape index (κ1) is 10.9. The Balaban J connectivity index is 1.84. The van der Waals surface area contributed by atoms with Gasteiger partial charge in [0, 0.05) is 38.4 Å². The molecule has 96 valence electrons. The average Bonchev–Trinajstić information content (AvgIpc) is 2.90. The number of quaternary nitrogens is 1. The highest BCUT2D eigenvalue weighted by molar-refractivity contribution is 5.38. The summed E-state index contributed by atoms with van der Waals surface area (Å²) in [7, 11) is 0. The second kappa shape index (κ2) is 3.75. The van der Waals surface area contributed by atoms with Crippen LogP contribution in [-0.4, -0.2) is 41.7 Å². The molecule has 4 aliphatic rings. The van der Waals surface area contributed by atoms with Crippen molar-refractivity contribution in [2.75, 3.05) is 26.2 Å². The zero-order valence-electron chi connectivity index (χ0n) is 10.8. The Kier molecular flexibility index (Phi) is 2.26. The maximum Gasteiger partial charge on any atom is 0.246 e. The van der Waals surface area contributed by atoms with Crippen molar-refractivity contribution >= 4 is 5.82 Å². The van der Waals surface area contributed by atoms with Crippen molar-refractivity contribution < 1.29 is 0 Å². The van der Waals surface area contributed by atoms with E-state index in [2.05, 4.69) is 15.3 Å². The molecular weight excluding hydrogens is 224 g/mol. The smallest absolute Gasteiger partial charge is 0.246 e. The number of fused-ring (bicyclic) bond motifs is 2. The number of rotatable bonds is 1. The van der Waals surface area contributed by atoms with Crippen LogP contribution in [-0.2, 0) is 0 Å². The van der Waals surface area contributed by atoms with E-state index in [1.165, 1.54) is 57.7 Å². The molecular formula is C14H21N4+. The Morgan fingerprint density at radius 2 is 2.17 bits per heavy atom. The summed E-state index contributed by atoms with van der Waals surface area (Å²) in [6.07, 6.45) is 11.1. The third kappa shape index (κ3) is 1.28. The van der Waals surface area contributed by atoms with Crippen LogP contribution in [0.2, 0.25) is 0 Å². The third-order valence-electron chi connectivity index (χ3n) is 5.62. The van der Waals surface area contributed by atoms with Gasteiger partial charge in [0.05, 0.1) is 25.8 Å². The highest BCUT2D eigenvalue weighted by Gasteiger charge is 2.60. The van der Waals surface area contributed by atoms with Crippen LogP contribution >= 0.6 is 0 Å². The van der Waals surface area contributed by atoms with Crippen LogP contribution in [0.4, 0.5) is 5.82 Å². The van der Waals surface area contributed by atoms with Gasteiger partial charge in [0.1, 0.15) is 11.7 Å². The lowest BCUT2D eigenvalue weighted by Crippen LogP contribution is -2.74. The molecule has 0 aromatic carbocycles. The summed E-state index contributed by atoms with van der Waals surface area (Å²) in [5.41, 5.74) is 0.414. The zero-order chi connectivity index (χ0) is 12.1. The fourth-order valence-electron chi connectivity index (χ4n) is 4.71. The summed E-state index contributed by atoms with van der Waals surface area (Å²) in [4.78, 5) is 9.00. The number of aromatic nitrogens is 2. The number of hydrogen-bond donors (Lipinski definition) is 1. The number of nitrogens with zero attached hydrogens (tertiary/aromatic N) is 3. The summed E-state index contributed by atoms with van der Waals surface area (Å²) >= 11 is 0. The first-order valence-electron chi connectivity index (χ1n) is 7.19. The van der Waals surface area contributed by atoms with Gasteiger partial charge in [-0.3, -0.25) is 9.47 Å². The van der Waals surface area contributed by atoms with Crippen LogP contribution in [0.15, 0.2) is 18.6 Å². The number of nitrogens with one attached hydrogen (secondary N) is 1. The zero-order valence-corrected chi connectivity index (χ0v) is 10.8. The molecule has 0 amide bonds. The summed E-state index contributed by atoms with van der Waals surface area (Å²) in [5, 5.41) is 3.60. The van der Waals surface area contributed by atoms with Crippen molar-refractivity contribution in [2.24, 2.45) is 5.92 Å². The SMILES string of the molecule is c1cnc([N+]23CCC(CC2)CC32CCNC2)cn1. The Hall–Kier alpha value is -1.00. The Morgan fingerprint density at radius 3 is 2.83 bits per heavy atom. The molecule has 4 fully saturated rings. The molecule has 2 bridgehead atoms. The van der Waals surface area contributed by atoms with Gasteiger partial charge in [0.15, 0.2) is 0 Å². The van der Waals surface area contributed by atoms with E-state index in [4.69, 9.17) is 0 Å². The molecule has 1 spiro atoms. The lowest BCUT2D eigenvalue weighted by atomic mass is 9.71. The molecule has 5 heterocycles. The van der Waals surface area contributed by atoms with Gasteiger partial charge in [-0.1, -0.05) is 0 Å². The molecule has 1 unspecified atom stereocenters. The molecule has 4 saturated heterocycles. The van der Waals surface area contributed by atoms with Gasteiger partial charge in [-0.05, 0) is 5.92 Å². The Morgan fingerprint density at radius 1 is 1.28 bits per heavy atom. The minimum absolute atomic E-state index is 0.414. The fourth-order valence-corrected chi connectivity index (χ4v) is 4.71. The van der Waals surface area contributed by atoms with Crippen molar-refractivity contribution in [2.45, 2.75) is 31.2 Å². The van der Waals surface area contributed by atoms with Crippen LogP contribution in [0.1, 0.15) is 25.7 Å². The van der Waals surface area contributed by atoms with Gasteiger partial charge < -0.3 is 5.32 Å². The maximum atomic E-state index is 4.67. The van der Waals surface area contributed by atoms with Crippen LogP contribution in [0.3, 0.4) is 0 Å². The monoisotopic (exact) mass is 245 g/mol. The van der Waals surface area contributed by atoms with Crippen molar-refractivity contribution in [3.8, 4) is 0 Å². The lowest BCUT2D eigenvalue weighted by Gasteiger charge is -2.58. The highest BCUT2D eigenvalue weighted by atomic mass is 15.5. The second-order valence-corrected chi connectivity index (χ2v) is 6.28. The first-order valence-corrected chi connectivity index (χ1v) is 7.19. The maximum absolute atomic E-state index is 4.67. The molecule has 1 aromatic heterocycles. The Labute approximate surface area is 108 Å². The van der Waals surface area contributed by atoms with Crippen LogP contribution < -0.4 is 9.80 Å². The average molecular weight is 245 g/mol. The van der Waals surface area contributed by atoms with E-state index in [0.717, 1.165) is 10.4 Å². The van der Waals surface area contributed by atoms with E-state index in [0.29, 0.717) is 5.54 Å². The van der Waals surface area contributed by atoms with Gasteiger partial charge in [0.25, 0.3) is 0 Å². The van der Waals surface area contributed by atoms with E-state index < -0.39 is 0 Å². The molecule has 18 heavy (non-hydrogen) atoms. The molecule has 5 rings (SSSR count). The minimum Gasteiger partial charge on any atom is -0.311 e. The number of hydrogen-bond acceptors (Lipinski definition) is 3. The predicted octanol–water partition coefficient (Wildman–Crippen LogP) is 1.33. The predicted molar refractivity (Wildman–Crippen MR) is 71.1 cm³/mol. The summed E-state index contributed by atoms with van der Waals surface area (Å²) in [6.45, 7) is 4.88. The van der Waals surface area contributed by atoms with Gasteiger partial charge >= 0.3 is 0 Å². The number of piperidine rings is 3. The third-order valence-corrected chi connectivity index (χ3v) is 5.62. The molecule has 1 N–H and O–H groups in total. The topological polar surface area (TPSA) is 37.8 Å². The molecule has 4 heteroatoms. The van der Waals surface area contributed by atoms with E-state index >= 15 is 0 Å². The fraction of sp³-hybridized carbons (Fsp3) is 0.714. The van der Waals surface area contributed by atoms with Crippen molar-refractivity contribution in [3.63, 3.8) is 0 Å². The van der Waals surface area contributed by atoms with Crippen LogP contribution in [0.25, 0.3) is 0 Å². The van der Waals surface area contributed by atoms with Crippen molar-refractivity contribution in [3.05, 3.63) is 18.6 Å². The molecule has 4 nitrogen and oxygen atoms in total. The van der Waals surface area contributed by atoms with Gasteiger partial charge in [-0.2, -0.15) is 0 Å². The van der Waals surface area contributed by atoms with Crippen LogP contribution in [0, 0.1) is 5.92 Å². The summed E-state index contributed by atoms with van der Waals surface area (Å²) in [5.74, 6) is 2.17. The van der Waals surface area contributed by atoms with Gasteiger partial charge in [-0.25, -0.2) is 4.98 Å². The standard InChI is InChI=1S/C14H21N4/c1-7-18(13-10-15-5-6-17-13)8-2-12(1)9-14(18)3-4-16-11-14/h5-6,10,12,16H,1-4,7-9,11H2/q+1. The van der Waals surface area contributed by atoms with E-state index in [9.17, 15) is 0 Å². The van der Waals surface area contributed by atoms with E-state index in [1.54, 1.807) is 6.20 Å².